The molecule has 0 spiro atoms. The van der Waals surface area contributed by atoms with Gasteiger partial charge in [0.2, 0.25) is 0 Å². The van der Waals surface area contributed by atoms with Gasteiger partial charge in [-0.2, -0.15) is 23.5 Å². The first-order valence-corrected chi connectivity index (χ1v) is 11.5. The Kier molecular flexibility index (Phi) is 7.92. The molecule has 0 bridgehead atoms. The van der Waals surface area contributed by atoms with E-state index < -0.39 is 29.2 Å². The van der Waals surface area contributed by atoms with Crippen LogP contribution in [0, 0.1) is 16.7 Å². The van der Waals surface area contributed by atoms with Gasteiger partial charge in [0.05, 0.1) is 11.7 Å². The van der Waals surface area contributed by atoms with E-state index in [-0.39, 0.29) is 23.2 Å². The van der Waals surface area contributed by atoms with Crippen molar-refractivity contribution in [2.45, 2.75) is 57.7 Å². The third-order valence-electron chi connectivity index (χ3n) is 5.97. The van der Waals surface area contributed by atoms with E-state index in [0.717, 1.165) is 30.8 Å². The molecule has 3 atom stereocenters. The highest BCUT2D eigenvalue weighted by Crippen LogP contribution is 2.47. The van der Waals surface area contributed by atoms with Gasteiger partial charge < -0.3 is 10.3 Å². The Labute approximate surface area is 205 Å². The number of aromatic nitrogens is 5. The highest BCUT2D eigenvalue weighted by molar-refractivity contribution is 6.12. The molecule has 2 unspecified atom stereocenters. The smallest absolute Gasteiger partial charge is 0.363 e. The Morgan fingerprint density at radius 3 is 2.47 bits per heavy atom. The summed E-state index contributed by atoms with van der Waals surface area (Å²) in [6.45, 7) is 5.66. The van der Waals surface area contributed by atoms with Crippen LogP contribution in [0.3, 0.4) is 0 Å². The number of aromatic amines is 1. The van der Waals surface area contributed by atoms with Crippen LogP contribution in [0.15, 0.2) is 35.4 Å². The highest BCUT2D eigenvalue weighted by Gasteiger charge is 2.37. The van der Waals surface area contributed by atoms with Crippen molar-refractivity contribution in [2.75, 3.05) is 5.32 Å². The van der Waals surface area contributed by atoms with E-state index in [1.807, 2.05) is 33.2 Å². The van der Waals surface area contributed by atoms with Crippen LogP contribution in [0.2, 0.25) is 0 Å². The van der Waals surface area contributed by atoms with Crippen LogP contribution in [0.4, 0.5) is 19.0 Å². The minimum Gasteiger partial charge on any atom is -0.363 e. The van der Waals surface area contributed by atoms with Gasteiger partial charge in [0.1, 0.15) is 34.7 Å². The normalized spacial score (nSPS) is 17.7. The van der Waals surface area contributed by atoms with Gasteiger partial charge in [-0.05, 0) is 37.5 Å². The molecule has 3 aromatic rings. The molecule has 3 aromatic heterocycles. The number of aryl methyl sites for hydroxylation is 1. The number of nitriles is 1. The fraction of sp³-hybridized carbons (Fsp3) is 0.417. The lowest BCUT2D eigenvalue weighted by molar-refractivity contribution is -0.141. The molecule has 190 valence electrons. The minimum atomic E-state index is -4.56. The zero-order valence-corrected chi connectivity index (χ0v) is 20.3. The fourth-order valence-electron chi connectivity index (χ4n) is 3.99. The van der Waals surface area contributed by atoms with Crippen molar-refractivity contribution in [3.63, 3.8) is 0 Å². The molecule has 0 saturated heterocycles. The van der Waals surface area contributed by atoms with Gasteiger partial charge in [0, 0.05) is 31.3 Å². The molecule has 36 heavy (non-hydrogen) atoms. The van der Waals surface area contributed by atoms with Crippen LogP contribution in [-0.2, 0) is 13.2 Å². The maximum absolute atomic E-state index is 12.8. The fourth-order valence-corrected chi connectivity index (χ4v) is 3.99. The Morgan fingerprint density at radius 2 is 1.97 bits per heavy atom. The number of hydrogen-bond acceptors (Lipinski definition) is 7. The summed E-state index contributed by atoms with van der Waals surface area (Å²) in [6, 6.07) is 5.10. The van der Waals surface area contributed by atoms with E-state index in [1.54, 1.807) is 17.7 Å². The molecule has 0 aliphatic heterocycles. The molecule has 0 amide bonds. The second-order valence-electron chi connectivity index (χ2n) is 8.21. The van der Waals surface area contributed by atoms with Crippen LogP contribution < -0.4 is 10.9 Å². The van der Waals surface area contributed by atoms with Gasteiger partial charge in [-0.1, -0.05) is 19.9 Å². The summed E-state index contributed by atoms with van der Waals surface area (Å²) in [7, 11) is 1.82. The van der Waals surface area contributed by atoms with Crippen LogP contribution in [0.1, 0.15) is 79.8 Å². The molecule has 0 radical (unpaired) electrons. The summed E-state index contributed by atoms with van der Waals surface area (Å²) in [5, 5.41) is 24.5. The van der Waals surface area contributed by atoms with Crippen LogP contribution in [0.5, 0.6) is 0 Å². The van der Waals surface area contributed by atoms with Crippen molar-refractivity contribution in [2.24, 2.45) is 7.05 Å². The van der Waals surface area contributed by atoms with Crippen molar-refractivity contribution in [3.8, 4) is 6.07 Å². The molecule has 1 aliphatic carbocycles. The van der Waals surface area contributed by atoms with Gasteiger partial charge in [0.15, 0.2) is 0 Å². The lowest BCUT2D eigenvalue weighted by Crippen LogP contribution is -2.30. The standard InChI is InChI=1S/C22H21F3N8O.C2H6/c1-11(12-3-6-17(28-10-12)22(23,24)25)29-20-18(15(27)9-26)21(34)31-19(30-20)14-5-4-13(14)16-7-8-33(2)32-16;1-2/h3,6-8,10-11,13-14,27H,4-5H2,1-2H3,(H2,29,30,31,34);1-2H3/t11-,13?,14?;/m0./s1. The second kappa shape index (κ2) is 10.7. The van der Waals surface area contributed by atoms with Crippen molar-refractivity contribution < 1.29 is 13.2 Å². The summed E-state index contributed by atoms with van der Waals surface area (Å²) in [5.74, 6) is 0.387. The van der Waals surface area contributed by atoms with Gasteiger partial charge >= 0.3 is 6.18 Å². The Balaban J connectivity index is 0.00000176. The van der Waals surface area contributed by atoms with Crippen LogP contribution >= 0.6 is 0 Å². The number of alkyl halides is 3. The first-order valence-electron chi connectivity index (χ1n) is 11.5. The average Bonchev–Trinajstić information content (AvgIpc) is 3.23. The van der Waals surface area contributed by atoms with Gasteiger partial charge in [-0.15, -0.1) is 0 Å². The molecular formula is C24H27F3N8O. The van der Waals surface area contributed by atoms with Crippen molar-refractivity contribution in [1.29, 1.82) is 10.7 Å². The van der Waals surface area contributed by atoms with Gasteiger partial charge in [-0.3, -0.25) is 19.9 Å². The lowest BCUT2D eigenvalue weighted by atomic mass is 9.71. The number of anilines is 1. The molecule has 1 aliphatic rings. The van der Waals surface area contributed by atoms with E-state index in [2.05, 4.69) is 25.4 Å². The number of halogens is 3. The number of pyridine rings is 1. The largest absolute Gasteiger partial charge is 0.433 e. The number of rotatable bonds is 6. The zero-order chi connectivity index (χ0) is 26.6. The molecule has 1 fully saturated rings. The van der Waals surface area contributed by atoms with E-state index >= 15 is 0 Å². The lowest BCUT2D eigenvalue weighted by Gasteiger charge is -2.34. The molecule has 3 N–H and O–H groups in total. The summed E-state index contributed by atoms with van der Waals surface area (Å²) in [6.07, 6.45) is 0.0207. The first kappa shape index (κ1) is 26.6. The van der Waals surface area contributed by atoms with Gasteiger partial charge in [0.25, 0.3) is 5.56 Å². The quantitative estimate of drug-likeness (QED) is 0.421. The van der Waals surface area contributed by atoms with Gasteiger partial charge in [-0.25, -0.2) is 4.98 Å². The predicted molar refractivity (Wildman–Crippen MR) is 128 cm³/mol. The Morgan fingerprint density at radius 1 is 1.28 bits per heavy atom. The maximum atomic E-state index is 12.8. The monoisotopic (exact) mass is 500 g/mol. The Hall–Kier alpha value is -4.01. The maximum Gasteiger partial charge on any atom is 0.433 e. The summed E-state index contributed by atoms with van der Waals surface area (Å²) in [4.78, 5) is 23.5. The van der Waals surface area contributed by atoms with E-state index in [4.69, 9.17) is 5.41 Å². The molecule has 9 nitrogen and oxygen atoms in total. The SMILES string of the molecule is CC.C[C@H](Nc1nc(C2CCC2c2ccn(C)n2)[nH]c(=O)c1C(=N)C#N)c1ccc(C(F)(F)F)nc1. The highest BCUT2D eigenvalue weighted by atomic mass is 19.4. The van der Waals surface area contributed by atoms with E-state index in [9.17, 15) is 23.2 Å². The number of nitrogens with one attached hydrogen (secondary N) is 3. The topological polar surface area (TPSA) is 136 Å². The third-order valence-corrected chi connectivity index (χ3v) is 5.97. The number of H-pyrrole nitrogens is 1. The molecule has 1 saturated carbocycles. The Bertz CT molecular complexity index is 1320. The molecular weight excluding hydrogens is 473 g/mol. The molecule has 3 heterocycles. The summed E-state index contributed by atoms with van der Waals surface area (Å²) >= 11 is 0. The predicted octanol–water partition coefficient (Wildman–Crippen LogP) is 4.67. The van der Waals surface area contributed by atoms with E-state index in [1.165, 1.54) is 6.07 Å². The summed E-state index contributed by atoms with van der Waals surface area (Å²) in [5.41, 5.74) is -1.15. The zero-order valence-electron chi connectivity index (χ0n) is 20.3. The average molecular weight is 501 g/mol. The molecule has 12 heteroatoms. The van der Waals surface area contributed by atoms with E-state index in [0.29, 0.717) is 11.4 Å². The third kappa shape index (κ3) is 5.45. The second-order valence-corrected chi connectivity index (χ2v) is 8.21. The molecule has 4 rings (SSSR count). The number of nitrogens with zero attached hydrogens (tertiary/aromatic N) is 5. The minimum absolute atomic E-state index is 0.0179. The van der Waals surface area contributed by atoms with Crippen molar-refractivity contribution in [3.05, 3.63) is 69.3 Å². The number of hydrogen-bond donors (Lipinski definition) is 3. The first-order chi connectivity index (χ1) is 17.1. The van der Waals surface area contributed by atoms with Crippen molar-refractivity contribution in [1.82, 2.24) is 24.7 Å². The van der Waals surface area contributed by atoms with Crippen molar-refractivity contribution >= 4 is 11.5 Å². The summed E-state index contributed by atoms with van der Waals surface area (Å²) < 4.78 is 40.2. The van der Waals surface area contributed by atoms with Crippen LogP contribution in [0.25, 0.3) is 0 Å². The molecule has 0 aromatic carbocycles. The van der Waals surface area contributed by atoms with Crippen LogP contribution in [-0.4, -0.2) is 30.4 Å².